The molecule has 1 N–H and O–H groups in total. The summed E-state index contributed by atoms with van der Waals surface area (Å²) in [5.74, 6) is 3.92. The monoisotopic (exact) mass is 292 g/mol. The lowest BCUT2D eigenvalue weighted by molar-refractivity contribution is 0.243. The van der Waals surface area contributed by atoms with Crippen LogP contribution in [0.4, 0.5) is 0 Å². The van der Waals surface area contributed by atoms with Crippen LogP contribution in [0.5, 0.6) is 0 Å². The molecule has 120 valence electrons. The fourth-order valence-electron chi connectivity index (χ4n) is 3.33. The average Bonchev–Trinajstić information content (AvgIpc) is 2.64. The zero-order valence-corrected chi connectivity index (χ0v) is 14.2. The second-order valence-corrected chi connectivity index (χ2v) is 6.79. The minimum atomic E-state index is 0.822. The van der Waals surface area contributed by atoms with Crippen molar-refractivity contribution in [3.05, 3.63) is 23.2 Å². The van der Waals surface area contributed by atoms with Gasteiger partial charge in [-0.1, -0.05) is 20.8 Å². The molecule has 0 aliphatic carbocycles. The first-order valence-corrected chi connectivity index (χ1v) is 8.61. The van der Waals surface area contributed by atoms with Crippen molar-refractivity contribution in [2.24, 2.45) is 11.8 Å². The Morgan fingerprint density at radius 3 is 2.86 bits per heavy atom. The number of rotatable bonds is 6. The molecule has 3 heteroatoms. The van der Waals surface area contributed by atoms with Gasteiger partial charge >= 0.3 is 0 Å². The lowest BCUT2D eigenvalue weighted by Crippen LogP contribution is -2.24. The van der Waals surface area contributed by atoms with Crippen molar-refractivity contribution in [1.82, 2.24) is 10.2 Å². The van der Waals surface area contributed by atoms with Crippen molar-refractivity contribution in [2.45, 2.75) is 60.0 Å². The van der Waals surface area contributed by atoms with Gasteiger partial charge in [0.05, 0.1) is 6.54 Å². The molecular weight excluding hydrogens is 260 g/mol. The number of likely N-dealkylation sites (tertiary alicyclic amines) is 1. The third-order valence-corrected chi connectivity index (χ3v) is 4.82. The Hall–Kier alpha value is -0.800. The van der Waals surface area contributed by atoms with E-state index in [2.05, 4.69) is 44.0 Å². The Bertz CT molecular complexity index is 425. The second kappa shape index (κ2) is 8.00. The first-order chi connectivity index (χ1) is 10.1. The number of furan rings is 1. The van der Waals surface area contributed by atoms with E-state index >= 15 is 0 Å². The molecule has 21 heavy (non-hydrogen) atoms. The number of aryl methyl sites for hydroxylation is 1. The van der Waals surface area contributed by atoms with Gasteiger partial charge in [-0.05, 0) is 63.7 Å². The molecule has 1 aromatic rings. The van der Waals surface area contributed by atoms with Crippen LogP contribution in [0.1, 0.15) is 57.1 Å². The minimum absolute atomic E-state index is 0.822. The van der Waals surface area contributed by atoms with E-state index in [1.165, 1.54) is 37.9 Å². The van der Waals surface area contributed by atoms with Gasteiger partial charge in [-0.15, -0.1) is 0 Å². The Morgan fingerprint density at radius 1 is 1.33 bits per heavy atom. The standard InChI is InChI=1S/C18H32N2O/c1-5-19-12-17-11-18(21-15(17)4)13-20-9-6-7-16(8-10-20)14(2)3/h11,14,16,19H,5-10,12-13H2,1-4H3. The average molecular weight is 292 g/mol. The third-order valence-electron chi connectivity index (χ3n) is 4.82. The summed E-state index contributed by atoms with van der Waals surface area (Å²) in [6.45, 7) is 14.3. The third kappa shape index (κ3) is 4.86. The Morgan fingerprint density at radius 2 is 2.14 bits per heavy atom. The molecule has 2 rings (SSSR count). The van der Waals surface area contributed by atoms with E-state index in [-0.39, 0.29) is 0 Å². The molecule has 0 amide bonds. The van der Waals surface area contributed by atoms with Gasteiger partial charge in [0.15, 0.2) is 0 Å². The van der Waals surface area contributed by atoms with Crippen molar-refractivity contribution in [3.8, 4) is 0 Å². The maximum absolute atomic E-state index is 5.95. The second-order valence-electron chi connectivity index (χ2n) is 6.79. The maximum atomic E-state index is 5.95. The molecular formula is C18H32N2O. The summed E-state index contributed by atoms with van der Waals surface area (Å²) in [7, 11) is 0. The van der Waals surface area contributed by atoms with Crippen molar-refractivity contribution in [3.63, 3.8) is 0 Å². The highest BCUT2D eigenvalue weighted by molar-refractivity contribution is 5.20. The van der Waals surface area contributed by atoms with Gasteiger partial charge in [0.1, 0.15) is 11.5 Å². The van der Waals surface area contributed by atoms with Crippen LogP contribution in [0, 0.1) is 18.8 Å². The Balaban J connectivity index is 1.89. The summed E-state index contributed by atoms with van der Waals surface area (Å²) < 4.78 is 5.95. The number of nitrogens with zero attached hydrogens (tertiary/aromatic N) is 1. The molecule has 1 saturated heterocycles. The van der Waals surface area contributed by atoms with Crippen LogP contribution >= 0.6 is 0 Å². The number of hydrogen-bond acceptors (Lipinski definition) is 3. The summed E-state index contributed by atoms with van der Waals surface area (Å²) in [5.41, 5.74) is 1.31. The van der Waals surface area contributed by atoms with Gasteiger partial charge in [-0.3, -0.25) is 4.90 Å². The van der Waals surface area contributed by atoms with E-state index in [1.807, 2.05) is 0 Å². The van der Waals surface area contributed by atoms with Crippen LogP contribution in [0.2, 0.25) is 0 Å². The highest BCUT2D eigenvalue weighted by atomic mass is 16.3. The lowest BCUT2D eigenvalue weighted by atomic mass is 9.89. The lowest BCUT2D eigenvalue weighted by Gasteiger charge is -2.20. The maximum Gasteiger partial charge on any atom is 0.118 e. The van der Waals surface area contributed by atoms with Crippen LogP contribution in [-0.4, -0.2) is 24.5 Å². The summed E-state index contributed by atoms with van der Waals surface area (Å²) in [6, 6.07) is 2.24. The van der Waals surface area contributed by atoms with Crippen molar-refractivity contribution >= 4 is 0 Å². The summed E-state index contributed by atoms with van der Waals surface area (Å²) in [5, 5.41) is 3.38. The molecule has 1 fully saturated rings. The van der Waals surface area contributed by atoms with Gasteiger partial charge in [-0.25, -0.2) is 0 Å². The van der Waals surface area contributed by atoms with E-state index in [4.69, 9.17) is 4.42 Å². The Labute approximate surface area is 130 Å². The fraction of sp³-hybridized carbons (Fsp3) is 0.778. The van der Waals surface area contributed by atoms with Gasteiger partial charge < -0.3 is 9.73 Å². The first kappa shape index (κ1) is 16.6. The summed E-state index contributed by atoms with van der Waals surface area (Å²) in [6.07, 6.45) is 4.05. The smallest absolute Gasteiger partial charge is 0.118 e. The molecule has 0 aromatic carbocycles. The van der Waals surface area contributed by atoms with Gasteiger partial charge in [-0.2, -0.15) is 0 Å². The van der Waals surface area contributed by atoms with Crippen molar-refractivity contribution in [2.75, 3.05) is 19.6 Å². The molecule has 1 aliphatic rings. The van der Waals surface area contributed by atoms with Crippen LogP contribution in [0.25, 0.3) is 0 Å². The molecule has 2 heterocycles. The quantitative estimate of drug-likeness (QED) is 0.860. The van der Waals surface area contributed by atoms with E-state index in [1.54, 1.807) is 0 Å². The molecule has 1 unspecified atom stereocenters. The minimum Gasteiger partial charge on any atom is -0.465 e. The van der Waals surface area contributed by atoms with Crippen molar-refractivity contribution in [1.29, 1.82) is 0 Å². The SMILES string of the molecule is CCNCc1cc(CN2CCCC(C(C)C)CC2)oc1C. The van der Waals surface area contributed by atoms with E-state index in [0.29, 0.717) is 0 Å². The molecule has 1 aliphatic heterocycles. The highest BCUT2D eigenvalue weighted by Crippen LogP contribution is 2.25. The topological polar surface area (TPSA) is 28.4 Å². The molecule has 0 bridgehead atoms. The van der Waals surface area contributed by atoms with Crippen LogP contribution in [-0.2, 0) is 13.1 Å². The van der Waals surface area contributed by atoms with E-state index in [0.717, 1.165) is 43.0 Å². The number of hydrogen-bond donors (Lipinski definition) is 1. The largest absolute Gasteiger partial charge is 0.465 e. The van der Waals surface area contributed by atoms with Crippen LogP contribution < -0.4 is 5.32 Å². The summed E-state index contributed by atoms with van der Waals surface area (Å²) in [4.78, 5) is 2.57. The first-order valence-electron chi connectivity index (χ1n) is 8.61. The van der Waals surface area contributed by atoms with Crippen molar-refractivity contribution < 1.29 is 4.42 Å². The van der Waals surface area contributed by atoms with Gasteiger partial charge in [0, 0.05) is 12.1 Å². The molecule has 3 nitrogen and oxygen atoms in total. The van der Waals surface area contributed by atoms with Crippen LogP contribution in [0.3, 0.4) is 0 Å². The molecule has 0 spiro atoms. The zero-order valence-electron chi connectivity index (χ0n) is 14.2. The fourth-order valence-corrected chi connectivity index (χ4v) is 3.33. The van der Waals surface area contributed by atoms with E-state index < -0.39 is 0 Å². The molecule has 0 saturated carbocycles. The molecule has 1 atom stereocenters. The summed E-state index contributed by atoms with van der Waals surface area (Å²) >= 11 is 0. The van der Waals surface area contributed by atoms with Gasteiger partial charge in [0.2, 0.25) is 0 Å². The highest BCUT2D eigenvalue weighted by Gasteiger charge is 2.20. The van der Waals surface area contributed by atoms with E-state index in [9.17, 15) is 0 Å². The zero-order chi connectivity index (χ0) is 15.2. The van der Waals surface area contributed by atoms with Gasteiger partial charge in [0.25, 0.3) is 0 Å². The number of nitrogens with one attached hydrogen (secondary N) is 1. The predicted molar refractivity (Wildman–Crippen MR) is 88.3 cm³/mol. The molecule has 1 aromatic heterocycles. The normalized spacial score (nSPS) is 20.9. The molecule has 0 radical (unpaired) electrons. The predicted octanol–water partition coefficient (Wildman–Crippen LogP) is 3.96. The Kier molecular flexibility index (Phi) is 6.31. The van der Waals surface area contributed by atoms with Crippen LogP contribution in [0.15, 0.2) is 10.5 Å².